The van der Waals surface area contributed by atoms with Crippen LogP contribution in [-0.2, 0) is 21.2 Å². The molecule has 7 heteroatoms. The lowest BCUT2D eigenvalue weighted by Crippen LogP contribution is -2.42. The second-order valence-corrected chi connectivity index (χ2v) is 9.43. The zero-order valence-corrected chi connectivity index (χ0v) is 18.7. The van der Waals surface area contributed by atoms with Crippen molar-refractivity contribution < 1.29 is 18.3 Å². The Morgan fingerprint density at radius 1 is 0.970 bits per heavy atom. The summed E-state index contributed by atoms with van der Waals surface area (Å²) in [5, 5.41) is 10.5. The number of sulfonamides is 1. The van der Waals surface area contributed by atoms with E-state index in [2.05, 4.69) is 21.5 Å². The molecule has 1 heterocycles. The number of para-hydroxylation sites is 1. The summed E-state index contributed by atoms with van der Waals surface area (Å²) in [5.74, 6) is 4.79. The fraction of sp³-hybridized carbons (Fsp3) is 0.115. The van der Waals surface area contributed by atoms with Gasteiger partial charge in [0.05, 0.1) is 4.90 Å². The van der Waals surface area contributed by atoms with Crippen LogP contribution in [0.2, 0.25) is 0 Å². The van der Waals surface area contributed by atoms with Crippen LogP contribution in [0.5, 0.6) is 0 Å². The lowest BCUT2D eigenvalue weighted by Gasteiger charge is -2.14. The third-order valence-corrected chi connectivity index (χ3v) is 6.75. The lowest BCUT2D eigenvalue weighted by molar-refractivity contribution is -0.138. The molecule has 0 unspecified atom stereocenters. The van der Waals surface area contributed by atoms with Crippen molar-refractivity contribution in [1.29, 1.82) is 0 Å². The number of fused-ring (bicyclic) bond motifs is 1. The summed E-state index contributed by atoms with van der Waals surface area (Å²) >= 11 is 0. The van der Waals surface area contributed by atoms with E-state index in [9.17, 15) is 18.3 Å². The normalized spacial score (nSPS) is 12.2. The fourth-order valence-electron chi connectivity index (χ4n) is 3.45. The number of carboxylic acid groups (broad SMARTS) is 1. The van der Waals surface area contributed by atoms with E-state index in [1.54, 1.807) is 18.3 Å². The third kappa shape index (κ3) is 5.32. The molecular formula is C26H22N2O4S. The maximum atomic E-state index is 12.8. The van der Waals surface area contributed by atoms with Gasteiger partial charge in [-0.25, -0.2) is 8.42 Å². The Bertz CT molecular complexity index is 1460. The Morgan fingerprint density at radius 2 is 1.58 bits per heavy atom. The highest BCUT2D eigenvalue weighted by molar-refractivity contribution is 7.89. The summed E-state index contributed by atoms with van der Waals surface area (Å²) in [6.07, 6.45) is 1.72. The van der Waals surface area contributed by atoms with Crippen LogP contribution >= 0.6 is 0 Å². The number of H-pyrrole nitrogens is 1. The lowest BCUT2D eigenvalue weighted by atomic mass is 10.1. The van der Waals surface area contributed by atoms with Crippen molar-refractivity contribution in [3.8, 4) is 11.8 Å². The number of carboxylic acids is 1. The summed E-state index contributed by atoms with van der Waals surface area (Å²) in [6.45, 7) is 2.00. The summed E-state index contributed by atoms with van der Waals surface area (Å²) in [7, 11) is -4.04. The highest BCUT2D eigenvalue weighted by Crippen LogP contribution is 2.20. The predicted molar refractivity (Wildman–Crippen MR) is 127 cm³/mol. The second kappa shape index (κ2) is 9.33. The molecule has 0 spiro atoms. The van der Waals surface area contributed by atoms with E-state index < -0.39 is 22.0 Å². The second-order valence-electron chi connectivity index (χ2n) is 7.72. The van der Waals surface area contributed by atoms with E-state index in [1.165, 1.54) is 12.1 Å². The van der Waals surface area contributed by atoms with Crippen LogP contribution in [0.3, 0.4) is 0 Å². The fourth-order valence-corrected chi connectivity index (χ4v) is 4.64. The van der Waals surface area contributed by atoms with Gasteiger partial charge in [0.25, 0.3) is 0 Å². The van der Waals surface area contributed by atoms with Gasteiger partial charge in [0, 0.05) is 34.6 Å². The molecule has 0 amide bonds. The van der Waals surface area contributed by atoms with Crippen molar-refractivity contribution in [2.24, 2.45) is 0 Å². The molecule has 1 atom stereocenters. The number of hydrogen-bond acceptors (Lipinski definition) is 3. The first-order valence-electron chi connectivity index (χ1n) is 10.3. The van der Waals surface area contributed by atoms with Crippen molar-refractivity contribution in [3.63, 3.8) is 0 Å². The molecule has 0 aliphatic rings. The van der Waals surface area contributed by atoms with Gasteiger partial charge in [-0.2, -0.15) is 4.72 Å². The van der Waals surface area contributed by atoms with Gasteiger partial charge < -0.3 is 10.1 Å². The Labute approximate surface area is 192 Å². The van der Waals surface area contributed by atoms with Gasteiger partial charge in [0.1, 0.15) is 6.04 Å². The number of aryl methyl sites for hydroxylation is 1. The van der Waals surface area contributed by atoms with Crippen LogP contribution in [0.1, 0.15) is 22.3 Å². The van der Waals surface area contributed by atoms with Crippen LogP contribution in [0, 0.1) is 18.8 Å². The maximum absolute atomic E-state index is 12.8. The molecular weight excluding hydrogens is 436 g/mol. The van der Waals surface area contributed by atoms with Crippen LogP contribution < -0.4 is 4.72 Å². The predicted octanol–water partition coefficient (Wildman–Crippen LogP) is 3.85. The minimum Gasteiger partial charge on any atom is -0.480 e. The van der Waals surface area contributed by atoms with Gasteiger partial charge in [-0.3, -0.25) is 4.79 Å². The Kier molecular flexibility index (Phi) is 6.31. The smallest absolute Gasteiger partial charge is 0.322 e. The highest BCUT2D eigenvalue weighted by atomic mass is 32.2. The number of aromatic amines is 1. The largest absolute Gasteiger partial charge is 0.480 e. The monoisotopic (exact) mass is 458 g/mol. The van der Waals surface area contributed by atoms with Crippen LogP contribution in [0.15, 0.2) is 83.9 Å². The molecule has 0 aliphatic carbocycles. The summed E-state index contributed by atoms with van der Waals surface area (Å²) in [4.78, 5) is 14.9. The number of rotatable bonds is 6. The van der Waals surface area contributed by atoms with E-state index in [0.29, 0.717) is 5.56 Å². The molecule has 4 rings (SSSR count). The molecule has 166 valence electrons. The molecule has 0 radical (unpaired) electrons. The standard InChI is InChI=1S/C26H22N2O4S/c1-18-6-8-19(9-7-18)10-11-20-12-14-22(15-13-20)33(31,32)28-25(26(29)30)16-21-17-27-24-5-3-2-4-23(21)24/h2-9,12-15,17,25,27-28H,16H2,1H3,(H,29,30)/t25-/m0/s1. The molecule has 3 N–H and O–H groups in total. The van der Waals surface area contributed by atoms with Crippen molar-refractivity contribution in [2.75, 3.05) is 0 Å². The molecule has 33 heavy (non-hydrogen) atoms. The molecule has 0 saturated heterocycles. The Hall–Kier alpha value is -3.86. The average molecular weight is 459 g/mol. The number of benzene rings is 3. The summed E-state index contributed by atoms with van der Waals surface area (Å²) in [6, 6.07) is 20.0. The molecule has 4 aromatic rings. The molecule has 3 aromatic carbocycles. The zero-order valence-electron chi connectivity index (χ0n) is 17.9. The van der Waals surface area contributed by atoms with Gasteiger partial charge in [0.2, 0.25) is 10.0 Å². The van der Waals surface area contributed by atoms with E-state index in [4.69, 9.17) is 0 Å². The number of aromatic nitrogens is 1. The SMILES string of the molecule is Cc1ccc(C#Cc2ccc(S(=O)(=O)N[C@@H](Cc3c[nH]c4ccccc34)C(=O)O)cc2)cc1. The number of nitrogens with one attached hydrogen (secondary N) is 2. The van der Waals surface area contributed by atoms with Gasteiger partial charge in [-0.1, -0.05) is 47.7 Å². The zero-order chi connectivity index (χ0) is 23.4. The molecule has 0 bridgehead atoms. The third-order valence-electron chi connectivity index (χ3n) is 5.26. The van der Waals surface area contributed by atoms with Crippen molar-refractivity contribution in [3.05, 3.63) is 101 Å². The van der Waals surface area contributed by atoms with Gasteiger partial charge >= 0.3 is 5.97 Å². The Balaban J connectivity index is 1.50. The molecule has 1 aromatic heterocycles. The van der Waals surface area contributed by atoms with Crippen molar-refractivity contribution >= 4 is 26.9 Å². The molecule has 0 fully saturated rings. The van der Waals surface area contributed by atoms with Crippen LogP contribution in [0.4, 0.5) is 0 Å². The number of hydrogen-bond donors (Lipinski definition) is 3. The van der Waals surface area contributed by atoms with Crippen LogP contribution in [-0.4, -0.2) is 30.5 Å². The van der Waals surface area contributed by atoms with Gasteiger partial charge in [0.15, 0.2) is 0 Å². The molecule has 0 saturated carbocycles. The first kappa shape index (κ1) is 22.3. The summed E-state index contributed by atoms with van der Waals surface area (Å²) < 4.78 is 28.0. The first-order chi connectivity index (χ1) is 15.8. The van der Waals surface area contributed by atoms with E-state index >= 15 is 0 Å². The van der Waals surface area contributed by atoms with Crippen molar-refractivity contribution in [1.82, 2.24) is 9.71 Å². The van der Waals surface area contributed by atoms with E-state index in [-0.39, 0.29) is 11.3 Å². The quantitative estimate of drug-likeness (QED) is 0.382. The van der Waals surface area contributed by atoms with Gasteiger partial charge in [-0.15, -0.1) is 0 Å². The minimum absolute atomic E-state index is 0.0126. The Morgan fingerprint density at radius 3 is 2.21 bits per heavy atom. The maximum Gasteiger partial charge on any atom is 0.322 e. The summed E-state index contributed by atoms with van der Waals surface area (Å²) in [5.41, 5.74) is 4.25. The van der Waals surface area contributed by atoms with E-state index in [1.807, 2.05) is 55.5 Å². The minimum atomic E-state index is -4.04. The van der Waals surface area contributed by atoms with E-state index in [0.717, 1.165) is 27.6 Å². The average Bonchev–Trinajstić information content (AvgIpc) is 3.21. The highest BCUT2D eigenvalue weighted by Gasteiger charge is 2.26. The number of carbonyl (C=O) groups is 1. The molecule has 0 aliphatic heterocycles. The topological polar surface area (TPSA) is 99.3 Å². The first-order valence-corrected chi connectivity index (χ1v) is 11.8. The van der Waals surface area contributed by atoms with Crippen molar-refractivity contribution in [2.45, 2.75) is 24.3 Å². The van der Waals surface area contributed by atoms with Crippen LogP contribution in [0.25, 0.3) is 10.9 Å². The van der Waals surface area contributed by atoms with Gasteiger partial charge in [-0.05, 0) is 55.0 Å². The molecule has 6 nitrogen and oxygen atoms in total. The number of aliphatic carboxylic acids is 1.